The number of rotatable bonds is 8. The monoisotopic (exact) mass is 636 g/mol. The van der Waals surface area contributed by atoms with E-state index in [4.69, 9.17) is 23.3 Å². The van der Waals surface area contributed by atoms with Crippen LogP contribution in [0.15, 0.2) is 48.5 Å². The van der Waals surface area contributed by atoms with Crippen molar-refractivity contribution in [1.82, 2.24) is 9.80 Å². The Morgan fingerprint density at radius 2 is 1.32 bits per heavy atom. The largest absolute Gasteiger partial charge is 0 e. The summed E-state index contributed by atoms with van der Waals surface area (Å²) in [7, 11) is 6.19. The summed E-state index contributed by atoms with van der Waals surface area (Å²) in [5, 5.41) is 0. The molecule has 180 valence electrons. The molecule has 2 aromatic carbocycles. The fourth-order valence-corrected chi connectivity index (χ4v) is 2.51. The first-order valence-electron chi connectivity index (χ1n) is 9.41. The number of hydrogen-bond acceptors (Lipinski definition) is 4. The topological polar surface area (TPSA) is 112 Å². The van der Waals surface area contributed by atoms with Gasteiger partial charge >= 0.3 is 51.2 Å². The van der Waals surface area contributed by atoms with Gasteiger partial charge in [-0.05, 0) is 45.3 Å². The van der Waals surface area contributed by atoms with Crippen molar-refractivity contribution in [1.29, 1.82) is 0 Å². The summed E-state index contributed by atoms with van der Waals surface area (Å²) < 4.78 is 35.5. The van der Waals surface area contributed by atoms with E-state index in [1.54, 1.807) is 0 Å². The Hall–Kier alpha value is -2.52. The van der Waals surface area contributed by atoms with Crippen LogP contribution >= 0.6 is 0 Å². The van der Waals surface area contributed by atoms with Crippen LogP contribution in [0.3, 0.4) is 0 Å². The Labute approximate surface area is 216 Å². The van der Waals surface area contributed by atoms with E-state index in [9.17, 15) is 4.79 Å². The van der Waals surface area contributed by atoms with E-state index < -0.39 is 0 Å². The average molecular weight is 636 g/mol. The van der Waals surface area contributed by atoms with Crippen LogP contribution in [0, 0.1) is 33.5 Å². The van der Waals surface area contributed by atoms with Crippen molar-refractivity contribution < 1.29 is 49.2 Å². The van der Waals surface area contributed by atoms with Crippen LogP contribution in [0.5, 0.6) is 0 Å². The van der Waals surface area contributed by atoms with Crippen molar-refractivity contribution >= 4 is 5.97 Å². The summed E-state index contributed by atoms with van der Waals surface area (Å²) in [5.41, 5.74) is 3.84. The third-order valence-corrected chi connectivity index (χ3v) is 4.10. The van der Waals surface area contributed by atoms with Crippen molar-refractivity contribution in [3.05, 3.63) is 97.4 Å². The number of carbonyl (C=O) groups excluding carboxylic acids is 1. The summed E-state index contributed by atoms with van der Waals surface area (Å²) in [6.45, 7) is 23.0. The zero-order valence-corrected chi connectivity index (χ0v) is 22.6. The molecule has 34 heavy (non-hydrogen) atoms. The van der Waals surface area contributed by atoms with Crippen molar-refractivity contribution in [2.45, 2.75) is 20.1 Å². The molecule has 0 bridgehead atoms. The normalized spacial score (nSPS) is 8.41. The van der Waals surface area contributed by atoms with Gasteiger partial charge in [-0.15, -0.1) is 0 Å². The number of ether oxygens (including phenoxy) is 1. The van der Waals surface area contributed by atoms with E-state index in [1.165, 1.54) is 5.56 Å². The molecular weight excluding hydrogens is 608 g/mol. The first-order valence-corrected chi connectivity index (χ1v) is 9.41. The van der Waals surface area contributed by atoms with E-state index in [0.717, 1.165) is 30.8 Å². The van der Waals surface area contributed by atoms with Crippen LogP contribution < -0.4 is 0 Å². The molecule has 0 N–H and O–H groups in total. The molecule has 8 nitrogen and oxygen atoms in total. The number of carbonyl (C=O) groups is 1. The van der Waals surface area contributed by atoms with E-state index in [-0.39, 0.29) is 27.0 Å². The minimum atomic E-state index is -0.266. The maximum Gasteiger partial charge on any atom is 0 e. The van der Waals surface area contributed by atoms with Crippen LogP contribution in [-0.4, -0.2) is 50.0 Å². The molecule has 0 amide bonds. The fraction of sp³-hybridized carbons (Fsp3) is 0.320. The van der Waals surface area contributed by atoms with Gasteiger partial charge in [0, 0.05) is 40.7 Å². The Bertz CT molecular complexity index is 837. The fourth-order valence-electron chi connectivity index (χ4n) is 2.51. The van der Waals surface area contributed by atoms with Gasteiger partial charge in [-0.3, -0.25) is 0 Å². The predicted octanol–water partition coefficient (Wildman–Crippen LogP) is 3.19. The van der Waals surface area contributed by atoms with E-state index in [2.05, 4.69) is 57.5 Å². The van der Waals surface area contributed by atoms with Crippen LogP contribution in [0.25, 0.3) is 0 Å². The molecule has 2 rings (SSSR count). The van der Waals surface area contributed by atoms with Crippen LogP contribution in [0.2, 0.25) is 0 Å². The molecule has 2 aromatic rings. The van der Waals surface area contributed by atoms with Crippen LogP contribution in [-0.2, 0) is 57.6 Å². The first kappa shape index (κ1) is 38.7. The molecule has 0 spiro atoms. The first-order chi connectivity index (χ1) is 16.0. The Morgan fingerprint density at radius 1 is 0.824 bits per heavy atom. The van der Waals surface area contributed by atoms with Gasteiger partial charge in [0.05, 0.1) is 5.56 Å². The van der Waals surface area contributed by atoms with E-state index in [0.29, 0.717) is 12.2 Å². The molecule has 0 aliphatic heterocycles. The summed E-state index contributed by atoms with van der Waals surface area (Å²) in [6, 6.07) is 15.7. The number of esters is 1. The third kappa shape index (κ3) is 18.0. The quantitative estimate of drug-likeness (QED) is 0.252. The second-order valence-corrected chi connectivity index (χ2v) is 6.76. The summed E-state index contributed by atoms with van der Waals surface area (Å²) in [4.78, 5) is 16.9. The van der Waals surface area contributed by atoms with Crippen molar-refractivity contribution in [3.63, 3.8) is 0 Å². The number of benzene rings is 2. The number of likely N-dealkylation sites (N-methyl/N-ethyl adjacent to an activating group) is 2. The molecule has 0 unspecified atom stereocenters. The van der Waals surface area contributed by atoms with Gasteiger partial charge in [0.2, 0.25) is 0 Å². The molecule has 0 saturated heterocycles. The molecule has 0 aliphatic rings. The second kappa shape index (κ2) is 26.7. The number of hydrogen-bond donors (Lipinski definition) is 0. The van der Waals surface area contributed by atoms with Gasteiger partial charge in [-0.2, -0.15) is 0 Å². The standard InChI is InChI=1S/C21H28N2O2.4CO.W/c1-17-9-11-18(12-10-17)16-25-21(24)20-8-6-5-7-19(20)15-23(4)14-13-22(2)3;4*1-2;/h5-12H,13-16H2,1-4H3;;;;;. The van der Waals surface area contributed by atoms with Gasteiger partial charge in [0.25, 0.3) is 0 Å². The molecular formula is C25H28N2O6W. The van der Waals surface area contributed by atoms with Crippen LogP contribution in [0.1, 0.15) is 27.0 Å². The SMILES string of the molecule is Cc1ccc(COC(=O)c2ccccc2CN(C)CCN(C)C)cc1.[C-]#[O+].[C-]#[O+].[C-]#[O+].[C-]#[O+].[W]. The summed E-state index contributed by atoms with van der Waals surface area (Å²) in [6.07, 6.45) is 0. The predicted molar refractivity (Wildman–Crippen MR) is 117 cm³/mol. The molecule has 9 heteroatoms. The Morgan fingerprint density at radius 3 is 1.82 bits per heavy atom. The molecule has 0 atom stereocenters. The molecule has 0 radical (unpaired) electrons. The smallest absolute Gasteiger partial charge is 0 e. The Kier molecular flexibility index (Phi) is 30.4. The molecule has 0 aliphatic carbocycles. The van der Waals surface area contributed by atoms with Gasteiger partial charge in [-0.25, -0.2) is 4.79 Å². The van der Waals surface area contributed by atoms with Gasteiger partial charge < -0.3 is 14.5 Å². The number of aryl methyl sites for hydroxylation is 1. The zero-order chi connectivity index (χ0) is 26.2. The van der Waals surface area contributed by atoms with Gasteiger partial charge in [0.15, 0.2) is 0 Å². The van der Waals surface area contributed by atoms with Crippen LogP contribution in [0.4, 0.5) is 0 Å². The minimum Gasteiger partial charge on any atom is 0 e. The molecule has 0 heterocycles. The molecule has 0 fully saturated rings. The van der Waals surface area contributed by atoms with E-state index >= 15 is 0 Å². The maximum atomic E-state index is 12.5. The van der Waals surface area contributed by atoms with Gasteiger partial charge in [-0.1, -0.05) is 48.0 Å². The molecule has 0 aromatic heterocycles. The van der Waals surface area contributed by atoms with Crippen molar-refractivity contribution in [3.8, 4) is 0 Å². The minimum absolute atomic E-state index is 0. The molecule has 0 saturated carbocycles. The van der Waals surface area contributed by atoms with E-state index in [1.807, 2.05) is 55.5 Å². The van der Waals surface area contributed by atoms with Crippen molar-refractivity contribution in [2.24, 2.45) is 0 Å². The van der Waals surface area contributed by atoms with Crippen molar-refractivity contribution in [2.75, 3.05) is 34.2 Å². The number of nitrogens with zero attached hydrogens (tertiary/aromatic N) is 2. The summed E-state index contributed by atoms with van der Waals surface area (Å²) >= 11 is 0. The maximum absolute atomic E-state index is 12.5. The second-order valence-electron chi connectivity index (χ2n) is 6.76. The summed E-state index contributed by atoms with van der Waals surface area (Å²) in [5.74, 6) is -0.266. The van der Waals surface area contributed by atoms with Gasteiger partial charge in [0.1, 0.15) is 6.61 Å². The Balaban J connectivity index is -0.000000452. The average Bonchev–Trinajstić information content (AvgIpc) is 2.87. The third-order valence-electron chi connectivity index (χ3n) is 4.10. The zero-order valence-electron chi connectivity index (χ0n) is 19.7.